The molecule has 0 radical (unpaired) electrons. The molecule has 0 bridgehead atoms. The fourth-order valence-corrected chi connectivity index (χ4v) is 3.03. The quantitative estimate of drug-likeness (QED) is 0.824. The highest BCUT2D eigenvalue weighted by Crippen LogP contribution is 2.37. The van der Waals surface area contributed by atoms with Gasteiger partial charge in [-0.1, -0.05) is 6.92 Å². The molecule has 110 valence electrons. The highest BCUT2D eigenvalue weighted by atomic mass is 16.6. The third-order valence-electron chi connectivity index (χ3n) is 4.15. The molecule has 0 aromatic heterocycles. The largest absolute Gasteiger partial charge is 0.486 e. The van der Waals surface area contributed by atoms with Gasteiger partial charge >= 0.3 is 0 Å². The lowest BCUT2D eigenvalue weighted by Crippen LogP contribution is -2.34. The van der Waals surface area contributed by atoms with Gasteiger partial charge in [0.25, 0.3) is 0 Å². The summed E-state index contributed by atoms with van der Waals surface area (Å²) in [6.07, 6.45) is 2.54. The van der Waals surface area contributed by atoms with E-state index in [-0.39, 0.29) is 0 Å². The van der Waals surface area contributed by atoms with Crippen molar-refractivity contribution in [2.75, 3.05) is 43.9 Å². The highest BCUT2D eigenvalue weighted by molar-refractivity contribution is 5.72. The Bertz CT molecular complexity index is 478. The molecule has 1 aromatic rings. The number of nitrogen functional groups attached to an aromatic ring is 1. The van der Waals surface area contributed by atoms with Crippen LogP contribution in [-0.2, 0) is 0 Å². The van der Waals surface area contributed by atoms with Gasteiger partial charge in [0.1, 0.15) is 13.2 Å². The van der Waals surface area contributed by atoms with Crippen LogP contribution in [0.5, 0.6) is 11.5 Å². The number of nitrogens with two attached hydrogens (primary N) is 1. The van der Waals surface area contributed by atoms with Gasteiger partial charge in [0.15, 0.2) is 11.5 Å². The predicted molar refractivity (Wildman–Crippen MR) is 80.6 cm³/mol. The molecule has 1 fully saturated rings. The fraction of sp³-hybridized carbons (Fsp3) is 0.600. The minimum atomic E-state index is 0.590. The topological polar surface area (TPSA) is 59.8 Å². The van der Waals surface area contributed by atoms with E-state index in [0.29, 0.717) is 19.3 Å². The molecule has 0 spiro atoms. The average Bonchev–Trinajstić information content (AvgIpc) is 2.92. The van der Waals surface area contributed by atoms with E-state index < -0.39 is 0 Å². The summed E-state index contributed by atoms with van der Waals surface area (Å²) in [7, 11) is 0. The van der Waals surface area contributed by atoms with Crippen molar-refractivity contribution in [3.63, 3.8) is 0 Å². The summed E-state index contributed by atoms with van der Waals surface area (Å²) >= 11 is 0. The zero-order valence-corrected chi connectivity index (χ0v) is 12.0. The minimum absolute atomic E-state index is 0.590. The van der Waals surface area contributed by atoms with Gasteiger partial charge in [0.05, 0.1) is 11.4 Å². The molecule has 2 aliphatic heterocycles. The van der Waals surface area contributed by atoms with E-state index >= 15 is 0 Å². The van der Waals surface area contributed by atoms with E-state index in [2.05, 4.69) is 17.1 Å². The maximum atomic E-state index is 6.08. The van der Waals surface area contributed by atoms with Crippen molar-refractivity contribution in [1.82, 2.24) is 4.90 Å². The fourth-order valence-electron chi connectivity index (χ4n) is 3.03. The van der Waals surface area contributed by atoms with Crippen molar-refractivity contribution in [3.8, 4) is 11.5 Å². The average molecular weight is 277 g/mol. The molecule has 2 heterocycles. The standard InChI is InChI=1S/C15H23N3O2/c1-2-18-5-3-4-11(18)10-17-13-9-15-14(8-12(13)16)19-6-7-20-15/h8-9,11,17H,2-7,10,16H2,1H3. The third-order valence-corrected chi connectivity index (χ3v) is 4.15. The number of nitrogens with one attached hydrogen (secondary N) is 1. The van der Waals surface area contributed by atoms with Crippen LogP contribution in [0, 0.1) is 0 Å². The van der Waals surface area contributed by atoms with Crippen molar-refractivity contribution >= 4 is 11.4 Å². The Hall–Kier alpha value is -1.62. The van der Waals surface area contributed by atoms with E-state index in [4.69, 9.17) is 15.2 Å². The van der Waals surface area contributed by atoms with E-state index in [1.807, 2.05) is 12.1 Å². The van der Waals surface area contributed by atoms with Crippen molar-refractivity contribution in [2.24, 2.45) is 0 Å². The van der Waals surface area contributed by atoms with Crippen LogP contribution in [0.3, 0.4) is 0 Å². The summed E-state index contributed by atoms with van der Waals surface area (Å²) in [5.74, 6) is 1.53. The second-order valence-electron chi connectivity index (χ2n) is 5.39. The lowest BCUT2D eigenvalue weighted by molar-refractivity contribution is 0.172. The van der Waals surface area contributed by atoms with Crippen LogP contribution in [0.4, 0.5) is 11.4 Å². The molecule has 20 heavy (non-hydrogen) atoms. The van der Waals surface area contributed by atoms with Gasteiger partial charge in [-0.3, -0.25) is 4.90 Å². The summed E-state index contributed by atoms with van der Waals surface area (Å²) in [5, 5.41) is 3.47. The van der Waals surface area contributed by atoms with Crippen LogP contribution in [0.25, 0.3) is 0 Å². The number of likely N-dealkylation sites (N-methyl/N-ethyl adjacent to an activating group) is 1. The first-order chi connectivity index (χ1) is 9.78. The van der Waals surface area contributed by atoms with Gasteiger partial charge in [-0.2, -0.15) is 0 Å². The molecular formula is C15H23N3O2. The van der Waals surface area contributed by atoms with Gasteiger partial charge < -0.3 is 20.5 Å². The Balaban J connectivity index is 1.68. The molecule has 1 unspecified atom stereocenters. The molecule has 3 rings (SSSR count). The highest BCUT2D eigenvalue weighted by Gasteiger charge is 2.23. The zero-order valence-electron chi connectivity index (χ0n) is 12.0. The van der Waals surface area contributed by atoms with E-state index in [1.54, 1.807) is 0 Å². The SMILES string of the molecule is CCN1CCCC1CNc1cc2c(cc1N)OCCO2. The van der Waals surface area contributed by atoms with Crippen LogP contribution in [0.2, 0.25) is 0 Å². The molecule has 2 aliphatic rings. The molecule has 0 saturated carbocycles. The first-order valence-corrected chi connectivity index (χ1v) is 7.45. The number of hydrogen-bond acceptors (Lipinski definition) is 5. The Morgan fingerprint density at radius 2 is 2.05 bits per heavy atom. The maximum absolute atomic E-state index is 6.08. The van der Waals surface area contributed by atoms with Crippen LogP contribution < -0.4 is 20.5 Å². The van der Waals surface area contributed by atoms with Crippen molar-refractivity contribution < 1.29 is 9.47 Å². The number of rotatable bonds is 4. The molecule has 5 heteroatoms. The molecule has 1 aromatic carbocycles. The number of hydrogen-bond donors (Lipinski definition) is 2. The summed E-state index contributed by atoms with van der Waals surface area (Å²) in [6.45, 7) is 6.66. The number of anilines is 2. The summed E-state index contributed by atoms with van der Waals surface area (Å²) < 4.78 is 11.1. The molecule has 3 N–H and O–H groups in total. The number of fused-ring (bicyclic) bond motifs is 1. The van der Waals surface area contributed by atoms with Crippen molar-refractivity contribution in [1.29, 1.82) is 0 Å². The molecule has 5 nitrogen and oxygen atoms in total. The van der Waals surface area contributed by atoms with E-state index in [9.17, 15) is 0 Å². The Morgan fingerprint density at radius 1 is 1.30 bits per heavy atom. The normalized spacial score (nSPS) is 21.9. The van der Waals surface area contributed by atoms with E-state index in [1.165, 1.54) is 19.4 Å². The van der Waals surface area contributed by atoms with Gasteiger partial charge in [-0.05, 0) is 25.9 Å². The minimum Gasteiger partial charge on any atom is -0.486 e. The Kier molecular flexibility index (Phi) is 3.87. The van der Waals surface area contributed by atoms with Crippen molar-refractivity contribution in [3.05, 3.63) is 12.1 Å². The predicted octanol–water partition coefficient (Wildman–Crippen LogP) is 1.94. The number of benzene rings is 1. The maximum Gasteiger partial charge on any atom is 0.163 e. The molecule has 1 saturated heterocycles. The lowest BCUT2D eigenvalue weighted by Gasteiger charge is -2.25. The number of ether oxygens (including phenoxy) is 2. The monoisotopic (exact) mass is 277 g/mol. The van der Waals surface area contributed by atoms with Gasteiger partial charge in [0.2, 0.25) is 0 Å². The molecule has 1 atom stereocenters. The van der Waals surface area contributed by atoms with Crippen LogP contribution in [0.1, 0.15) is 19.8 Å². The number of nitrogens with zero attached hydrogens (tertiary/aromatic N) is 1. The van der Waals surface area contributed by atoms with Gasteiger partial charge in [-0.25, -0.2) is 0 Å². The second kappa shape index (κ2) is 5.79. The zero-order chi connectivity index (χ0) is 13.9. The molecular weight excluding hydrogens is 254 g/mol. The van der Waals surface area contributed by atoms with Crippen LogP contribution in [-0.4, -0.2) is 43.8 Å². The lowest BCUT2D eigenvalue weighted by atomic mass is 10.2. The Morgan fingerprint density at radius 3 is 2.80 bits per heavy atom. The van der Waals surface area contributed by atoms with Crippen molar-refractivity contribution in [2.45, 2.75) is 25.8 Å². The summed E-state index contributed by atoms with van der Waals surface area (Å²) in [5.41, 5.74) is 7.74. The molecule has 0 amide bonds. The Labute approximate surface area is 120 Å². The number of likely N-dealkylation sites (tertiary alicyclic amines) is 1. The van der Waals surface area contributed by atoms with Crippen LogP contribution in [0.15, 0.2) is 12.1 Å². The third kappa shape index (κ3) is 2.63. The van der Waals surface area contributed by atoms with Gasteiger partial charge in [0, 0.05) is 24.7 Å². The van der Waals surface area contributed by atoms with Crippen LogP contribution >= 0.6 is 0 Å². The second-order valence-corrected chi connectivity index (χ2v) is 5.39. The molecule has 0 aliphatic carbocycles. The van der Waals surface area contributed by atoms with E-state index in [0.717, 1.165) is 36.0 Å². The summed E-state index contributed by atoms with van der Waals surface area (Å²) in [6, 6.07) is 4.41. The smallest absolute Gasteiger partial charge is 0.163 e. The summed E-state index contributed by atoms with van der Waals surface area (Å²) in [4.78, 5) is 2.52. The first-order valence-electron chi connectivity index (χ1n) is 7.45. The first kappa shape index (κ1) is 13.4. The van der Waals surface area contributed by atoms with Gasteiger partial charge in [-0.15, -0.1) is 0 Å².